The van der Waals surface area contributed by atoms with Crippen molar-refractivity contribution in [2.24, 2.45) is 0 Å². The normalized spacial score (nSPS) is 10.6. The molecule has 0 atom stereocenters. The molecule has 2 aromatic rings. The fourth-order valence-electron chi connectivity index (χ4n) is 2.03. The first-order valence-corrected chi connectivity index (χ1v) is 7.79. The molecule has 0 aliphatic rings. The Morgan fingerprint density at radius 2 is 1.65 bits per heavy atom. The zero-order valence-corrected chi connectivity index (χ0v) is 14.3. The maximum absolute atomic E-state index is 11.9. The lowest BCUT2D eigenvalue weighted by molar-refractivity contribution is -0.115. The molecule has 2 rings (SSSR count). The van der Waals surface area contributed by atoms with Crippen LogP contribution in [0.1, 0.15) is 22.3 Å². The SMILES string of the molecule is Cc1ccc(/C=C/C(=O)NC(=S)Nc2cc(C)ccc2C)cc1. The number of carbonyl (C=O) groups is 1. The minimum Gasteiger partial charge on any atom is -0.332 e. The van der Waals surface area contributed by atoms with E-state index in [1.165, 1.54) is 11.6 Å². The van der Waals surface area contributed by atoms with Crippen LogP contribution in [0.3, 0.4) is 0 Å². The van der Waals surface area contributed by atoms with Crippen LogP contribution in [0, 0.1) is 20.8 Å². The highest BCUT2D eigenvalue weighted by Crippen LogP contribution is 2.16. The van der Waals surface area contributed by atoms with E-state index in [0.717, 1.165) is 22.4 Å². The number of nitrogens with one attached hydrogen (secondary N) is 2. The van der Waals surface area contributed by atoms with Gasteiger partial charge in [0.05, 0.1) is 0 Å². The second kappa shape index (κ2) is 7.70. The van der Waals surface area contributed by atoms with Crippen molar-refractivity contribution < 1.29 is 4.79 Å². The van der Waals surface area contributed by atoms with E-state index in [0.29, 0.717) is 0 Å². The topological polar surface area (TPSA) is 41.1 Å². The number of hydrogen-bond acceptors (Lipinski definition) is 2. The monoisotopic (exact) mass is 324 g/mol. The molecular formula is C19H20N2OS. The van der Waals surface area contributed by atoms with Gasteiger partial charge in [-0.15, -0.1) is 0 Å². The molecule has 2 aromatic carbocycles. The molecule has 0 aromatic heterocycles. The zero-order chi connectivity index (χ0) is 16.8. The van der Waals surface area contributed by atoms with Gasteiger partial charge >= 0.3 is 0 Å². The number of carbonyl (C=O) groups excluding carboxylic acids is 1. The number of rotatable bonds is 3. The highest BCUT2D eigenvalue weighted by molar-refractivity contribution is 7.80. The van der Waals surface area contributed by atoms with Crippen molar-refractivity contribution in [3.8, 4) is 0 Å². The van der Waals surface area contributed by atoms with Gasteiger partial charge in [-0.3, -0.25) is 10.1 Å². The van der Waals surface area contributed by atoms with Gasteiger partial charge in [-0.25, -0.2) is 0 Å². The number of hydrogen-bond donors (Lipinski definition) is 2. The van der Waals surface area contributed by atoms with Crippen LogP contribution in [0.4, 0.5) is 5.69 Å². The van der Waals surface area contributed by atoms with Crippen LogP contribution in [-0.4, -0.2) is 11.0 Å². The molecule has 4 heteroatoms. The Morgan fingerprint density at radius 1 is 1.00 bits per heavy atom. The molecule has 23 heavy (non-hydrogen) atoms. The van der Waals surface area contributed by atoms with Crippen molar-refractivity contribution in [1.82, 2.24) is 5.32 Å². The lowest BCUT2D eigenvalue weighted by Crippen LogP contribution is -2.33. The highest BCUT2D eigenvalue weighted by atomic mass is 32.1. The highest BCUT2D eigenvalue weighted by Gasteiger charge is 2.04. The van der Waals surface area contributed by atoms with E-state index < -0.39 is 0 Å². The number of benzene rings is 2. The van der Waals surface area contributed by atoms with Crippen LogP contribution in [0.2, 0.25) is 0 Å². The van der Waals surface area contributed by atoms with Crippen molar-refractivity contribution in [3.05, 3.63) is 70.8 Å². The Labute approximate surface area is 142 Å². The minimum atomic E-state index is -0.256. The summed E-state index contributed by atoms with van der Waals surface area (Å²) in [6, 6.07) is 14.0. The summed E-state index contributed by atoms with van der Waals surface area (Å²) in [5.74, 6) is -0.256. The van der Waals surface area contributed by atoms with E-state index in [9.17, 15) is 4.79 Å². The Morgan fingerprint density at radius 3 is 2.35 bits per heavy atom. The summed E-state index contributed by atoms with van der Waals surface area (Å²) in [6.07, 6.45) is 3.23. The Kier molecular flexibility index (Phi) is 5.66. The van der Waals surface area contributed by atoms with Gasteiger partial charge in [-0.2, -0.15) is 0 Å². The van der Waals surface area contributed by atoms with Crippen molar-refractivity contribution >= 4 is 35.0 Å². The first-order chi connectivity index (χ1) is 10.9. The molecule has 0 spiro atoms. The van der Waals surface area contributed by atoms with Gasteiger partial charge < -0.3 is 5.32 Å². The molecule has 0 heterocycles. The largest absolute Gasteiger partial charge is 0.332 e. The van der Waals surface area contributed by atoms with Crippen LogP contribution in [0.15, 0.2) is 48.5 Å². The smallest absolute Gasteiger partial charge is 0.250 e. The first-order valence-electron chi connectivity index (χ1n) is 7.38. The lowest BCUT2D eigenvalue weighted by Gasteiger charge is -2.11. The molecule has 0 radical (unpaired) electrons. The van der Waals surface area contributed by atoms with Gasteiger partial charge in [0.25, 0.3) is 0 Å². The molecule has 118 valence electrons. The van der Waals surface area contributed by atoms with Gasteiger partial charge in [0, 0.05) is 11.8 Å². The third kappa shape index (κ3) is 5.34. The molecule has 0 fully saturated rings. The predicted molar refractivity (Wildman–Crippen MR) is 100 cm³/mol. The van der Waals surface area contributed by atoms with Crippen molar-refractivity contribution in [3.63, 3.8) is 0 Å². The summed E-state index contributed by atoms with van der Waals surface area (Å²) >= 11 is 5.19. The molecule has 3 nitrogen and oxygen atoms in total. The third-order valence-electron chi connectivity index (χ3n) is 3.38. The van der Waals surface area contributed by atoms with Gasteiger partial charge in [-0.05, 0) is 61.8 Å². The Hall–Kier alpha value is -2.46. The summed E-state index contributed by atoms with van der Waals surface area (Å²) in [4.78, 5) is 11.9. The summed E-state index contributed by atoms with van der Waals surface area (Å²) in [6.45, 7) is 6.03. The van der Waals surface area contributed by atoms with E-state index in [4.69, 9.17) is 12.2 Å². The molecule has 0 aliphatic heterocycles. The van der Waals surface area contributed by atoms with Crippen LogP contribution in [0.5, 0.6) is 0 Å². The van der Waals surface area contributed by atoms with Crippen LogP contribution >= 0.6 is 12.2 Å². The molecule has 0 aliphatic carbocycles. The summed E-state index contributed by atoms with van der Waals surface area (Å²) in [7, 11) is 0. The van der Waals surface area contributed by atoms with Crippen molar-refractivity contribution in [2.45, 2.75) is 20.8 Å². The number of anilines is 1. The summed E-state index contributed by atoms with van der Waals surface area (Å²) < 4.78 is 0. The van der Waals surface area contributed by atoms with Gasteiger partial charge in [0.15, 0.2) is 5.11 Å². The molecule has 0 unspecified atom stereocenters. The van der Waals surface area contributed by atoms with E-state index in [-0.39, 0.29) is 11.0 Å². The second-order valence-electron chi connectivity index (χ2n) is 5.51. The van der Waals surface area contributed by atoms with E-state index in [2.05, 4.69) is 10.6 Å². The van der Waals surface area contributed by atoms with Crippen molar-refractivity contribution in [1.29, 1.82) is 0 Å². The standard InChI is InChI=1S/C19H20N2OS/c1-13-5-8-16(9-6-13)10-11-18(22)21-19(23)20-17-12-14(2)4-7-15(17)3/h4-12H,1-3H3,(H2,20,21,22,23)/b11-10+. The first kappa shape index (κ1) is 16.9. The van der Waals surface area contributed by atoms with Crippen LogP contribution in [0.25, 0.3) is 6.08 Å². The fraction of sp³-hybridized carbons (Fsp3) is 0.158. The minimum absolute atomic E-state index is 0.256. The lowest BCUT2D eigenvalue weighted by atomic mass is 10.1. The number of aryl methyl sites for hydroxylation is 3. The maximum atomic E-state index is 11.9. The molecule has 0 saturated heterocycles. The van der Waals surface area contributed by atoms with Crippen LogP contribution in [-0.2, 0) is 4.79 Å². The van der Waals surface area contributed by atoms with Gasteiger partial charge in [0.1, 0.15) is 0 Å². The molecule has 2 N–H and O–H groups in total. The number of amides is 1. The van der Waals surface area contributed by atoms with E-state index in [1.807, 2.05) is 63.2 Å². The third-order valence-corrected chi connectivity index (χ3v) is 3.59. The Bertz CT molecular complexity index is 748. The molecule has 0 bridgehead atoms. The molecule has 0 saturated carbocycles. The van der Waals surface area contributed by atoms with Gasteiger partial charge in [-0.1, -0.05) is 42.0 Å². The summed E-state index contributed by atoms with van der Waals surface area (Å²) in [5, 5.41) is 5.99. The maximum Gasteiger partial charge on any atom is 0.250 e. The van der Waals surface area contributed by atoms with E-state index >= 15 is 0 Å². The predicted octanol–water partition coefficient (Wildman–Crippen LogP) is 4.14. The Balaban J connectivity index is 1.93. The zero-order valence-electron chi connectivity index (χ0n) is 13.5. The molecule has 1 amide bonds. The average molecular weight is 324 g/mol. The van der Waals surface area contributed by atoms with Crippen molar-refractivity contribution in [2.75, 3.05) is 5.32 Å². The van der Waals surface area contributed by atoms with Gasteiger partial charge in [0.2, 0.25) is 5.91 Å². The fourth-order valence-corrected chi connectivity index (χ4v) is 2.24. The number of thiocarbonyl (C=S) groups is 1. The van der Waals surface area contributed by atoms with Crippen LogP contribution < -0.4 is 10.6 Å². The molecular weight excluding hydrogens is 304 g/mol. The summed E-state index contributed by atoms with van der Waals surface area (Å²) in [5.41, 5.74) is 5.26. The quantitative estimate of drug-likeness (QED) is 0.658. The average Bonchev–Trinajstić information content (AvgIpc) is 2.50. The van der Waals surface area contributed by atoms with E-state index in [1.54, 1.807) is 6.08 Å². The second-order valence-corrected chi connectivity index (χ2v) is 5.91.